The van der Waals surface area contributed by atoms with E-state index in [-0.39, 0.29) is 5.91 Å². The molecular formula is C17H16Cl2N2O3. The maximum absolute atomic E-state index is 12.1. The van der Waals surface area contributed by atoms with Gasteiger partial charge in [0, 0.05) is 28.3 Å². The Hall–Kier alpha value is -2.37. The molecule has 0 saturated heterocycles. The van der Waals surface area contributed by atoms with Crippen LogP contribution >= 0.6 is 23.2 Å². The van der Waals surface area contributed by atoms with Crippen LogP contribution < -0.4 is 20.5 Å². The van der Waals surface area contributed by atoms with E-state index in [1.807, 2.05) is 0 Å². The van der Waals surface area contributed by atoms with Gasteiger partial charge in [0.15, 0.2) is 11.5 Å². The number of carbonyl (C=O) groups excluding carboxylic acids is 1. The molecule has 2 aromatic rings. The van der Waals surface area contributed by atoms with Crippen LogP contribution in [0.2, 0.25) is 10.0 Å². The molecule has 0 unspecified atom stereocenters. The lowest BCUT2D eigenvalue weighted by atomic mass is 10.2. The van der Waals surface area contributed by atoms with Gasteiger partial charge in [-0.2, -0.15) is 0 Å². The first kappa shape index (κ1) is 18.0. The highest BCUT2D eigenvalue weighted by atomic mass is 35.5. The molecule has 0 aliphatic rings. The Kier molecular flexibility index (Phi) is 5.95. The number of rotatable bonds is 5. The lowest BCUT2D eigenvalue weighted by Crippen LogP contribution is -2.10. The van der Waals surface area contributed by atoms with Crippen molar-refractivity contribution in [2.75, 3.05) is 25.3 Å². The van der Waals surface area contributed by atoms with Crippen molar-refractivity contribution < 1.29 is 14.3 Å². The molecular weight excluding hydrogens is 351 g/mol. The predicted octanol–water partition coefficient (Wildman–Crippen LogP) is 4.24. The zero-order valence-corrected chi connectivity index (χ0v) is 14.6. The molecule has 7 heteroatoms. The number of halogens is 2. The summed E-state index contributed by atoms with van der Waals surface area (Å²) in [5.41, 5.74) is 7.36. The minimum absolute atomic E-state index is 0.360. The Bertz CT molecular complexity index is 792. The third kappa shape index (κ3) is 4.34. The van der Waals surface area contributed by atoms with Gasteiger partial charge < -0.3 is 20.5 Å². The zero-order valence-electron chi connectivity index (χ0n) is 13.1. The van der Waals surface area contributed by atoms with E-state index in [4.69, 9.17) is 38.4 Å². The molecule has 126 valence electrons. The average Bonchev–Trinajstić information content (AvgIpc) is 2.55. The van der Waals surface area contributed by atoms with Crippen molar-refractivity contribution >= 4 is 46.6 Å². The van der Waals surface area contributed by atoms with Gasteiger partial charge in [0.2, 0.25) is 5.91 Å². The van der Waals surface area contributed by atoms with Gasteiger partial charge in [-0.15, -0.1) is 0 Å². The van der Waals surface area contributed by atoms with E-state index in [1.54, 1.807) is 36.4 Å². The summed E-state index contributed by atoms with van der Waals surface area (Å²) in [6.45, 7) is 0. The number of benzene rings is 2. The smallest absolute Gasteiger partial charge is 0.248 e. The number of nitrogens with one attached hydrogen (secondary N) is 1. The van der Waals surface area contributed by atoms with E-state index in [9.17, 15) is 4.79 Å². The third-order valence-electron chi connectivity index (χ3n) is 3.19. The number of nitrogen functional groups attached to an aromatic ring is 1. The van der Waals surface area contributed by atoms with Gasteiger partial charge in [-0.3, -0.25) is 4.79 Å². The van der Waals surface area contributed by atoms with Crippen LogP contribution in [0.4, 0.5) is 11.4 Å². The first-order valence-electron chi connectivity index (χ1n) is 6.90. The van der Waals surface area contributed by atoms with Gasteiger partial charge in [-0.1, -0.05) is 29.3 Å². The molecule has 0 aliphatic carbocycles. The maximum atomic E-state index is 12.1. The first-order valence-corrected chi connectivity index (χ1v) is 7.65. The standard InChI is InChI=1S/C17H16Cl2N2O3/c1-23-15-8-13(20)14(9-16(15)24-2)21-17(22)6-4-10-3-5-11(18)7-12(10)19/h3-9H,20H2,1-2H3,(H,21,22)/b6-4+. The highest BCUT2D eigenvalue weighted by molar-refractivity contribution is 6.35. The molecule has 24 heavy (non-hydrogen) atoms. The molecule has 0 spiro atoms. The second-order valence-corrected chi connectivity index (χ2v) is 5.63. The lowest BCUT2D eigenvalue weighted by molar-refractivity contribution is -0.111. The molecule has 0 aliphatic heterocycles. The highest BCUT2D eigenvalue weighted by Gasteiger charge is 2.10. The fourth-order valence-electron chi connectivity index (χ4n) is 1.98. The van der Waals surface area contributed by atoms with E-state index < -0.39 is 0 Å². The zero-order chi connectivity index (χ0) is 17.7. The summed E-state index contributed by atoms with van der Waals surface area (Å²) in [4.78, 5) is 12.1. The molecule has 2 aromatic carbocycles. The molecule has 0 atom stereocenters. The van der Waals surface area contributed by atoms with Crippen molar-refractivity contribution in [2.45, 2.75) is 0 Å². The molecule has 0 radical (unpaired) electrons. The summed E-state index contributed by atoms with van der Waals surface area (Å²) in [5.74, 6) is 0.586. The number of nitrogens with two attached hydrogens (primary N) is 1. The molecule has 3 N–H and O–H groups in total. The summed E-state index contributed by atoms with van der Waals surface area (Å²) in [7, 11) is 3.01. The maximum Gasteiger partial charge on any atom is 0.248 e. The Labute approximate surface area is 150 Å². The highest BCUT2D eigenvalue weighted by Crippen LogP contribution is 2.34. The van der Waals surface area contributed by atoms with Gasteiger partial charge in [-0.05, 0) is 23.8 Å². The predicted molar refractivity (Wildman–Crippen MR) is 98.1 cm³/mol. The van der Waals surface area contributed by atoms with Gasteiger partial charge >= 0.3 is 0 Å². The van der Waals surface area contributed by atoms with Crippen molar-refractivity contribution in [1.29, 1.82) is 0 Å². The van der Waals surface area contributed by atoms with E-state index >= 15 is 0 Å². The average molecular weight is 367 g/mol. The molecule has 0 aromatic heterocycles. The SMILES string of the molecule is COc1cc(N)c(NC(=O)/C=C/c2ccc(Cl)cc2Cl)cc1OC. The third-order valence-corrected chi connectivity index (χ3v) is 3.75. The monoisotopic (exact) mass is 366 g/mol. The minimum Gasteiger partial charge on any atom is -0.493 e. The number of hydrogen-bond donors (Lipinski definition) is 2. The Morgan fingerprint density at radius 1 is 1.12 bits per heavy atom. The number of carbonyl (C=O) groups is 1. The fourth-order valence-corrected chi connectivity index (χ4v) is 2.45. The van der Waals surface area contributed by atoms with Crippen LogP contribution in [-0.2, 0) is 4.79 Å². The molecule has 2 rings (SSSR count). The van der Waals surface area contributed by atoms with Crippen molar-refractivity contribution in [3.63, 3.8) is 0 Å². The normalized spacial score (nSPS) is 10.7. The van der Waals surface area contributed by atoms with Gasteiger partial charge in [-0.25, -0.2) is 0 Å². The summed E-state index contributed by atoms with van der Waals surface area (Å²) >= 11 is 11.9. The number of methoxy groups -OCH3 is 2. The second kappa shape index (κ2) is 7.95. The van der Waals surface area contributed by atoms with E-state index in [0.717, 1.165) is 0 Å². The second-order valence-electron chi connectivity index (χ2n) is 4.78. The Morgan fingerprint density at radius 3 is 2.42 bits per heavy atom. The largest absolute Gasteiger partial charge is 0.493 e. The summed E-state index contributed by atoms with van der Waals surface area (Å²) in [6.07, 6.45) is 2.94. The molecule has 0 bridgehead atoms. The van der Waals surface area contributed by atoms with Crippen LogP contribution in [0.1, 0.15) is 5.56 Å². The number of ether oxygens (including phenoxy) is 2. The number of hydrogen-bond acceptors (Lipinski definition) is 4. The Balaban J connectivity index is 2.16. The van der Waals surface area contributed by atoms with E-state index in [2.05, 4.69) is 5.32 Å². The molecule has 0 saturated carbocycles. The topological polar surface area (TPSA) is 73.6 Å². The van der Waals surface area contributed by atoms with Crippen LogP contribution in [0, 0.1) is 0 Å². The summed E-state index contributed by atoms with van der Waals surface area (Å²) < 4.78 is 10.3. The van der Waals surface area contributed by atoms with Gasteiger partial charge in [0.25, 0.3) is 0 Å². The van der Waals surface area contributed by atoms with Crippen molar-refractivity contribution in [2.24, 2.45) is 0 Å². The van der Waals surface area contributed by atoms with Crippen LogP contribution in [0.3, 0.4) is 0 Å². The number of anilines is 2. The first-order chi connectivity index (χ1) is 11.4. The molecule has 0 fully saturated rings. The van der Waals surface area contributed by atoms with Crippen LogP contribution in [0.15, 0.2) is 36.4 Å². The molecule has 5 nitrogen and oxygen atoms in total. The van der Waals surface area contributed by atoms with Gasteiger partial charge in [0.05, 0.1) is 25.6 Å². The van der Waals surface area contributed by atoms with Crippen molar-refractivity contribution in [3.8, 4) is 11.5 Å². The van der Waals surface area contributed by atoms with Crippen LogP contribution in [0.25, 0.3) is 6.08 Å². The van der Waals surface area contributed by atoms with Crippen LogP contribution in [-0.4, -0.2) is 20.1 Å². The Morgan fingerprint density at radius 2 is 1.79 bits per heavy atom. The van der Waals surface area contributed by atoms with Crippen LogP contribution in [0.5, 0.6) is 11.5 Å². The quantitative estimate of drug-likeness (QED) is 0.612. The fraction of sp³-hybridized carbons (Fsp3) is 0.118. The van der Waals surface area contributed by atoms with E-state index in [0.29, 0.717) is 38.5 Å². The summed E-state index contributed by atoms with van der Waals surface area (Å²) in [6, 6.07) is 8.19. The molecule has 0 heterocycles. The van der Waals surface area contributed by atoms with Crippen molar-refractivity contribution in [1.82, 2.24) is 0 Å². The minimum atomic E-state index is -0.361. The van der Waals surface area contributed by atoms with Gasteiger partial charge in [0.1, 0.15) is 0 Å². The lowest BCUT2D eigenvalue weighted by Gasteiger charge is -2.12. The number of amides is 1. The summed E-state index contributed by atoms with van der Waals surface area (Å²) in [5, 5.41) is 3.67. The van der Waals surface area contributed by atoms with Crippen molar-refractivity contribution in [3.05, 3.63) is 52.0 Å². The van der Waals surface area contributed by atoms with E-state index in [1.165, 1.54) is 20.3 Å². The molecule has 1 amide bonds.